The number of esters is 1. The van der Waals surface area contributed by atoms with Gasteiger partial charge in [0.15, 0.2) is 11.3 Å². The van der Waals surface area contributed by atoms with Gasteiger partial charge in [-0.25, -0.2) is 9.59 Å². The van der Waals surface area contributed by atoms with E-state index in [0.717, 1.165) is 0 Å². The van der Waals surface area contributed by atoms with Crippen LogP contribution in [-0.4, -0.2) is 37.9 Å². The van der Waals surface area contributed by atoms with Crippen molar-refractivity contribution in [1.29, 1.82) is 0 Å². The lowest BCUT2D eigenvalue weighted by Crippen LogP contribution is -2.33. The molecule has 0 unspecified atom stereocenters. The van der Waals surface area contributed by atoms with E-state index in [0.29, 0.717) is 23.9 Å². The van der Waals surface area contributed by atoms with Crippen LogP contribution >= 0.6 is 23.2 Å². The van der Waals surface area contributed by atoms with Crippen molar-refractivity contribution in [3.8, 4) is 5.75 Å². The van der Waals surface area contributed by atoms with Gasteiger partial charge in [0.05, 0.1) is 30.7 Å². The predicted molar refractivity (Wildman–Crippen MR) is 117 cm³/mol. The summed E-state index contributed by atoms with van der Waals surface area (Å²) in [7, 11) is 1.24. The number of carbonyl (C=O) groups is 2. The number of methoxy groups -OCH3 is 1. The third-order valence-corrected chi connectivity index (χ3v) is 4.84. The summed E-state index contributed by atoms with van der Waals surface area (Å²) in [4.78, 5) is 35.6. The normalized spacial score (nSPS) is 11.3. The molecule has 0 radical (unpaired) electrons. The Labute approximate surface area is 189 Å². The maximum atomic E-state index is 12.4. The second kappa shape index (κ2) is 10.2. The molecular formula is C21H25Cl2NO7. The molecule has 0 atom stereocenters. The van der Waals surface area contributed by atoms with Gasteiger partial charge in [-0.15, -0.1) is 0 Å². The Morgan fingerprint density at radius 3 is 2.52 bits per heavy atom. The number of fused-ring (bicyclic) bond motifs is 1. The van der Waals surface area contributed by atoms with Gasteiger partial charge in [-0.2, -0.15) is 0 Å². The molecular weight excluding hydrogens is 449 g/mol. The predicted octanol–water partition coefficient (Wildman–Crippen LogP) is 4.42. The molecule has 8 nitrogen and oxygen atoms in total. The zero-order valence-corrected chi connectivity index (χ0v) is 19.5. The average molecular weight is 474 g/mol. The van der Waals surface area contributed by atoms with Crippen molar-refractivity contribution in [2.24, 2.45) is 0 Å². The van der Waals surface area contributed by atoms with Crippen molar-refractivity contribution >= 4 is 46.2 Å². The summed E-state index contributed by atoms with van der Waals surface area (Å²) in [5.41, 5.74) is -0.455. The van der Waals surface area contributed by atoms with E-state index < -0.39 is 23.3 Å². The summed E-state index contributed by atoms with van der Waals surface area (Å²) in [6.45, 7) is 7.52. The van der Waals surface area contributed by atoms with E-state index in [1.807, 2.05) is 0 Å². The minimum Gasteiger partial charge on any atom is -0.490 e. The van der Waals surface area contributed by atoms with Crippen molar-refractivity contribution in [2.45, 2.75) is 46.1 Å². The molecule has 1 aromatic carbocycles. The number of benzene rings is 1. The highest BCUT2D eigenvalue weighted by Gasteiger charge is 2.21. The fraction of sp³-hybridized carbons (Fsp3) is 0.476. The number of hydrogen-bond donors (Lipinski definition) is 1. The van der Waals surface area contributed by atoms with Crippen LogP contribution < -0.4 is 15.7 Å². The number of alkyl carbamates (subject to hydrolysis) is 1. The zero-order chi connectivity index (χ0) is 23.3. The average Bonchev–Trinajstić information content (AvgIpc) is 2.66. The van der Waals surface area contributed by atoms with Gasteiger partial charge < -0.3 is 23.9 Å². The van der Waals surface area contributed by atoms with Gasteiger partial charge >= 0.3 is 17.7 Å². The molecule has 0 aliphatic heterocycles. The SMILES string of the molecule is COC(=O)Cc1c(C)c2cc(Cl)c(OCCCNC(=O)OC(C)(C)C)c(Cl)c2oc1=O. The van der Waals surface area contributed by atoms with Crippen LogP contribution in [0, 0.1) is 6.92 Å². The van der Waals surface area contributed by atoms with E-state index in [1.54, 1.807) is 33.8 Å². The molecule has 1 heterocycles. The van der Waals surface area contributed by atoms with Crippen LogP contribution in [0.25, 0.3) is 11.0 Å². The Kier molecular flexibility index (Phi) is 8.20. The number of carbonyl (C=O) groups excluding carboxylic acids is 2. The van der Waals surface area contributed by atoms with Crippen LogP contribution in [0.15, 0.2) is 15.3 Å². The van der Waals surface area contributed by atoms with Crippen molar-refractivity contribution in [3.63, 3.8) is 0 Å². The van der Waals surface area contributed by atoms with Crippen molar-refractivity contribution < 1.29 is 28.2 Å². The quantitative estimate of drug-likeness (QED) is 0.360. The van der Waals surface area contributed by atoms with Crippen LogP contribution in [0.2, 0.25) is 10.0 Å². The number of nitrogens with one attached hydrogen (secondary N) is 1. The number of hydrogen-bond acceptors (Lipinski definition) is 7. The second-order valence-corrected chi connectivity index (χ2v) is 8.54. The van der Waals surface area contributed by atoms with Gasteiger partial charge in [0, 0.05) is 11.9 Å². The molecule has 2 rings (SSSR count). The van der Waals surface area contributed by atoms with Crippen LogP contribution in [-0.2, 0) is 20.7 Å². The summed E-state index contributed by atoms with van der Waals surface area (Å²) < 4.78 is 20.8. The molecule has 2 aromatic rings. The summed E-state index contributed by atoms with van der Waals surface area (Å²) in [5.74, 6) is -0.400. The number of aryl methyl sites for hydroxylation is 1. The number of halogens is 2. The highest BCUT2D eigenvalue weighted by atomic mass is 35.5. The van der Waals surface area contributed by atoms with E-state index in [4.69, 9.17) is 37.1 Å². The molecule has 0 aliphatic rings. The van der Waals surface area contributed by atoms with E-state index in [-0.39, 0.29) is 40.0 Å². The maximum absolute atomic E-state index is 12.4. The summed E-state index contributed by atoms with van der Waals surface area (Å²) in [5, 5.41) is 3.38. The van der Waals surface area contributed by atoms with Crippen LogP contribution in [0.3, 0.4) is 0 Å². The van der Waals surface area contributed by atoms with Gasteiger partial charge in [-0.05, 0) is 45.7 Å². The molecule has 0 bridgehead atoms. The molecule has 170 valence electrons. The summed E-state index contributed by atoms with van der Waals surface area (Å²) in [6, 6.07) is 1.57. The first-order valence-electron chi connectivity index (χ1n) is 9.55. The minimum absolute atomic E-state index is 0.0485. The zero-order valence-electron chi connectivity index (χ0n) is 18.0. The third-order valence-electron chi connectivity index (χ3n) is 4.21. The monoisotopic (exact) mass is 473 g/mol. The van der Waals surface area contributed by atoms with Gasteiger partial charge in [0.2, 0.25) is 0 Å². The van der Waals surface area contributed by atoms with Crippen molar-refractivity contribution in [2.75, 3.05) is 20.3 Å². The smallest absolute Gasteiger partial charge is 0.407 e. The van der Waals surface area contributed by atoms with Crippen molar-refractivity contribution in [1.82, 2.24) is 5.32 Å². The lowest BCUT2D eigenvalue weighted by Gasteiger charge is -2.19. The maximum Gasteiger partial charge on any atom is 0.407 e. The standard InChI is InChI=1S/C21H25Cl2NO7/c1-11-12-9-14(22)18(29-8-6-7-24-20(27)31-21(2,3)4)16(23)17(12)30-19(26)13(11)10-15(25)28-5/h9H,6-8,10H2,1-5H3,(H,24,27). The molecule has 0 aliphatic carbocycles. The molecule has 10 heteroatoms. The molecule has 1 N–H and O–H groups in total. The fourth-order valence-corrected chi connectivity index (χ4v) is 3.34. The Bertz CT molecular complexity index is 1040. The van der Waals surface area contributed by atoms with Crippen molar-refractivity contribution in [3.05, 3.63) is 37.7 Å². The fourth-order valence-electron chi connectivity index (χ4n) is 2.74. The topological polar surface area (TPSA) is 104 Å². The molecule has 0 spiro atoms. The van der Waals surface area contributed by atoms with Crippen LogP contribution in [0.5, 0.6) is 5.75 Å². The van der Waals surface area contributed by atoms with Gasteiger partial charge in [0.1, 0.15) is 10.6 Å². The molecule has 0 saturated carbocycles. The molecule has 1 aromatic heterocycles. The van der Waals surface area contributed by atoms with Gasteiger partial charge in [-0.3, -0.25) is 4.79 Å². The summed E-state index contributed by atoms with van der Waals surface area (Å²) >= 11 is 12.7. The molecule has 31 heavy (non-hydrogen) atoms. The first-order chi connectivity index (χ1) is 14.4. The number of amides is 1. The third kappa shape index (κ3) is 6.51. The Balaban J connectivity index is 2.14. The number of ether oxygens (including phenoxy) is 3. The van der Waals surface area contributed by atoms with Crippen LogP contribution in [0.4, 0.5) is 4.79 Å². The van der Waals surface area contributed by atoms with E-state index in [9.17, 15) is 14.4 Å². The van der Waals surface area contributed by atoms with Gasteiger partial charge in [-0.1, -0.05) is 23.2 Å². The second-order valence-electron chi connectivity index (χ2n) is 7.75. The highest BCUT2D eigenvalue weighted by Crippen LogP contribution is 2.40. The van der Waals surface area contributed by atoms with E-state index in [2.05, 4.69) is 10.1 Å². The lowest BCUT2D eigenvalue weighted by molar-refractivity contribution is -0.139. The van der Waals surface area contributed by atoms with Gasteiger partial charge in [0.25, 0.3) is 0 Å². The largest absolute Gasteiger partial charge is 0.490 e. The Morgan fingerprint density at radius 2 is 1.90 bits per heavy atom. The molecule has 1 amide bonds. The molecule has 0 saturated heterocycles. The first kappa shape index (κ1) is 24.8. The van der Waals surface area contributed by atoms with E-state index >= 15 is 0 Å². The minimum atomic E-state index is -0.688. The molecule has 0 fully saturated rings. The van der Waals surface area contributed by atoms with E-state index in [1.165, 1.54) is 7.11 Å². The number of rotatable bonds is 7. The van der Waals surface area contributed by atoms with Crippen LogP contribution in [0.1, 0.15) is 38.3 Å². The summed E-state index contributed by atoms with van der Waals surface area (Å²) in [6.07, 6.45) is -0.279. The first-order valence-corrected chi connectivity index (χ1v) is 10.3. The Hall–Kier alpha value is -2.45. The Morgan fingerprint density at radius 1 is 1.23 bits per heavy atom. The lowest BCUT2D eigenvalue weighted by atomic mass is 10.0. The highest BCUT2D eigenvalue weighted by molar-refractivity contribution is 6.40.